The Labute approximate surface area is 163 Å². The van der Waals surface area contributed by atoms with E-state index in [4.69, 9.17) is 0 Å². The molecule has 1 aromatic rings. The van der Waals surface area contributed by atoms with Crippen molar-refractivity contribution >= 4 is 17.5 Å². The average molecular weight is 399 g/mol. The van der Waals surface area contributed by atoms with Crippen molar-refractivity contribution in [3.63, 3.8) is 0 Å². The van der Waals surface area contributed by atoms with Crippen LogP contribution in [0.2, 0.25) is 0 Å². The molecule has 1 aliphatic carbocycles. The molecule has 2 amide bonds. The van der Waals surface area contributed by atoms with Crippen LogP contribution < -0.4 is 5.32 Å². The number of benzene rings is 1. The third-order valence-corrected chi connectivity index (χ3v) is 5.16. The maximum absolute atomic E-state index is 12.9. The first-order valence-electron chi connectivity index (χ1n) is 9.38. The Morgan fingerprint density at radius 1 is 1.21 bits per heavy atom. The largest absolute Gasteiger partial charge is 0.406 e. The van der Waals surface area contributed by atoms with Crippen LogP contribution in [0.4, 0.5) is 18.9 Å². The topological polar surface area (TPSA) is 52.7 Å². The molecule has 1 atom stereocenters. The Morgan fingerprint density at radius 3 is 2.43 bits per heavy atom. The molecule has 5 nitrogen and oxygen atoms in total. The summed E-state index contributed by atoms with van der Waals surface area (Å²) in [5, 5.41) is 2.79. The van der Waals surface area contributed by atoms with Gasteiger partial charge < -0.3 is 10.2 Å². The zero-order valence-electron chi connectivity index (χ0n) is 16.8. The third kappa shape index (κ3) is 6.51. The highest BCUT2D eigenvalue weighted by Gasteiger charge is 2.40. The van der Waals surface area contributed by atoms with Gasteiger partial charge in [-0.05, 0) is 63.8 Å². The standard InChI is InChI=1S/C20H28F3N3O2/c1-13-6-5-7-17(14(13)2)24-18(27)10-25(4)11-19(28)26(12-20(21,22)23)15(3)16-8-9-16/h5-7,15-16H,8-12H2,1-4H3,(H,24,27)/t15-/m1/s1. The summed E-state index contributed by atoms with van der Waals surface area (Å²) in [7, 11) is 1.55. The van der Waals surface area contributed by atoms with Crippen LogP contribution in [-0.4, -0.2) is 60.5 Å². The van der Waals surface area contributed by atoms with Crippen molar-refractivity contribution in [2.24, 2.45) is 5.92 Å². The van der Waals surface area contributed by atoms with Crippen molar-refractivity contribution < 1.29 is 22.8 Å². The smallest absolute Gasteiger partial charge is 0.329 e. The number of nitrogens with zero attached hydrogens (tertiary/aromatic N) is 2. The van der Waals surface area contributed by atoms with Crippen molar-refractivity contribution in [3.8, 4) is 0 Å². The van der Waals surface area contributed by atoms with Crippen molar-refractivity contribution in [2.75, 3.05) is 32.0 Å². The summed E-state index contributed by atoms with van der Waals surface area (Å²) in [5.41, 5.74) is 2.67. The van der Waals surface area contributed by atoms with Gasteiger partial charge >= 0.3 is 6.18 Å². The van der Waals surface area contributed by atoms with E-state index in [-0.39, 0.29) is 24.9 Å². The molecule has 156 valence electrons. The number of halogens is 3. The number of carbonyl (C=O) groups excluding carboxylic acids is 2. The van der Waals surface area contributed by atoms with Gasteiger partial charge in [-0.2, -0.15) is 13.2 Å². The minimum absolute atomic E-state index is 0.0865. The van der Waals surface area contributed by atoms with Gasteiger partial charge in [-0.3, -0.25) is 14.5 Å². The van der Waals surface area contributed by atoms with Crippen LogP contribution in [-0.2, 0) is 9.59 Å². The fraction of sp³-hybridized carbons (Fsp3) is 0.600. The maximum atomic E-state index is 12.9. The van der Waals surface area contributed by atoms with Gasteiger partial charge in [-0.15, -0.1) is 0 Å². The summed E-state index contributed by atoms with van der Waals surface area (Å²) in [6, 6.07) is 5.10. The summed E-state index contributed by atoms with van der Waals surface area (Å²) in [6.07, 6.45) is -2.76. The van der Waals surface area contributed by atoms with E-state index in [1.54, 1.807) is 20.0 Å². The lowest BCUT2D eigenvalue weighted by Gasteiger charge is -2.31. The molecule has 0 aromatic heterocycles. The molecule has 1 aliphatic rings. The van der Waals surface area contributed by atoms with Gasteiger partial charge in [0, 0.05) is 11.7 Å². The Morgan fingerprint density at radius 2 is 1.86 bits per heavy atom. The highest BCUT2D eigenvalue weighted by atomic mass is 19.4. The van der Waals surface area contributed by atoms with E-state index in [9.17, 15) is 22.8 Å². The fourth-order valence-corrected chi connectivity index (χ4v) is 3.18. The molecule has 8 heteroatoms. The zero-order chi connectivity index (χ0) is 21.1. The second-order valence-corrected chi connectivity index (χ2v) is 7.68. The number of amides is 2. The molecule has 0 aliphatic heterocycles. The number of alkyl halides is 3. The normalized spacial score (nSPS) is 15.4. The monoisotopic (exact) mass is 399 g/mol. The van der Waals surface area contributed by atoms with Gasteiger partial charge in [-0.25, -0.2) is 0 Å². The molecule has 0 unspecified atom stereocenters. The van der Waals surface area contributed by atoms with Gasteiger partial charge in [0.05, 0.1) is 13.1 Å². The van der Waals surface area contributed by atoms with Crippen molar-refractivity contribution in [1.29, 1.82) is 0 Å². The number of hydrogen-bond acceptors (Lipinski definition) is 3. The van der Waals surface area contributed by atoms with E-state index in [0.29, 0.717) is 5.69 Å². The minimum atomic E-state index is -4.45. The van der Waals surface area contributed by atoms with Crippen LogP contribution in [0.15, 0.2) is 18.2 Å². The van der Waals surface area contributed by atoms with Crippen LogP contribution >= 0.6 is 0 Å². The molecular weight excluding hydrogens is 371 g/mol. The van der Waals surface area contributed by atoms with E-state index < -0.39 is 24.7 Å². The first-order valence-corrected chi connectivity index (χ1v) is 9.38. The quantitative estimate of drug-likeness (QED) is 0.729. The molecule has 0 radical (unpaired) electrons. The lowest BCUT2D eigenvalue weighted by Crippen LogP contribution is -2.49. The van der Waals surface area contributed by atoms with E-state index in [1.165, 1.54) is 4.90 Å². The Kier molecular flexibility index (Phi) is 7.09. The van der Waals surface area contributed by atoms with Gasteiger partial charge in [0.1, 0.15) is 6.54 Å². The molecule has 1 aromatic carbocycles. The number of anilines is 1. The fourth-order valence-electron chi connectivity index (χ4n) is 3.18. The molecule has 28 heavy (non-hydrogen) atoms. The van der Waals surface area contributed by atoms with E-state index in [0.717, 1.165) is 28.9 Å². The number of aryl methyl sites for hydroxylation is 1. The van der Waals surface area contributed by atoms with Gasteiger partial charge in [0.25, 0.3) is 0 Å². The van der Waals surface area contributed by atoms with Gasteiger partial charge in [-0.1, -0.05) is 12.1 Å². The molecule has 1 fully saturated rings. The number of carbonyl (C=O) groups is 2. The summed E-state index contributed by atoms with van der Waals surface area (Å²) in [5.74, 6) is -0.801. The highest BCUT2D eigenvalue weighted by molar-refractivity contribution is 5.93. The first kappa shape index (κ1) is 22.2. The predicted molar refractivity (Wildman–Crippen MR) is 102 cm³/mol. The Balaban J connectivity index is 1.93. The molecule has 1 N–H and O–H groups in total. The number of likely N-dealkylation sites (N-methyl/N-ethyl adjacent to an activating group) is 1. The lowest BCUT2D eigenvalue weighted by molar-refractivity contribution is -0.166. The van der Waals surface area contributed by atoms with Crippen LogP contribution in [0.3, 0.4) is 0 Å². The van der Waals surface area contributed by atoms with Gasteiger partial charge in [0.15, 0.2) is 0 Å². The first-order chi connectivity index (χ1) is 13.0. The molecular formula is C20H28F3N3O2. The van der Waals surface area contributed by atoms with Crippen LogP contribution in [0, 0.1) is 19.8 Å². The summed E-state index contributed by atoms with van der Waals surface area (Å²) < 4.78 is 38.7. The average Bonchev–Trinajstić information content (AvgIpc) is 3.40. The van der Waals surface area contributed by atoms with Crippen molar-refractivity contribution in [1.82, 2.24) is 9.80 Å². The Hall–Kier alpha value is -2.09. The molecule has 2 rings (SSSR count). The van der Waals surface area contributed by atoms with Crippen molar-refractivity contribution in [2.45, 2.75) is 45.8 Å². The zero-order valence-corrected chi connectivity index (χ0v) is 16.8. The number of rotatable bonds is 8. The number of hydrogen-bond donors (Lipinski definition) is 1. The molecule has 0 saturated heterocycles. The second kappa shape index (κ2) is 8.94. The highest BCUT2D eigenvalue weighted by Crippen LogP contribution is 2.36. The summed E-state index contributed by atoms with van der Waals surface area (Å²) in [6.45, 7) is 3.91. The molecule has 1 saturated carbocycles. The van der Waals surface area contributed by atoms with E-state index in [1.807, 2.05) is 26.0 Å². The predicted octanol–water partition coefficient (Wildman–Crippen LogP) is 3.36. The maximum Gasteiger partial charge on any atom is 0.406 e. The Bertz CT molecular complexity index is 717. The van der Waals surface area contributed by atoms with Crippen LogP contribution in [0.1, 0.15) is 30.9 Å². The lowest BCUT2D eigenvalue weighted by atomic mass is 10.1. The SMILES string of the molecule is Cc1cccc(NC(=O)CN(C)CC(=O)N(CC(F)(F)F)[C@H](C)C2CC2)c1C. The summed E-state index contributed by atoms with van der Waals surface area (Å²) >= 11 is 0. The second-order valence-electron chi connectivity index (χ2n) is 7.68. The van der Waals surface area contributed by atoms with Crippen LogP contribution in [0.25, 0.3) is 0 Å². The van der Waals surface area contributed by atoms with E-state index in [2.05, 4.69) is 5.32 Å². The third-order valence-electron chi connectivity index (χ3n) is 5.16. The van der Waals surface area contributed by atoms with E-state index >= 15 is 0 Å². The molecule has 0 bridgehead atoms. The summed E-state index contributed by atoms with van der Waals surface area (Å²) in [4.78, 5) is 27.1. The van der Waals surface area contributed by atoms with Crippen molar-refractivity contribution in [3.05, 3.63) is 29.3 Å². The molecule has 0 heterocycles. The van der Waals surface area contributed by atoms with Crippen LogP contribution in [0.5, 0.6) is 0 Å². The minimum Gasteiger partial charge on any atom is -0.329 e. The van der Waals surface area contributed by atoms with Gasteiger partial charge in [0.2, 0.25) is 11.8 Å². The molecule has 0 spiro atoms. The number of nitrogens with one attached hydrogen (secondary N) is 1.